The Bertz CT molecular complexity index is 603. The largest absolute Gasteiger partial charge is 0.396 e. The van der Waals surface area contributed by atoms with Crippen molar-refractivity contribution in [2.24, 2.45) is 52.3 Å². The molecule has 0 heterocycles. The highest BCUT2D eigenvalue weighted by Crippen LogP contribution is 2.68. The molecular formula is C25H42O3. The molecule has 0 amide bonds. The molecule has 28 heavy (non-hydrogen) atoms. The molecule has 3 heteroatoms. The fourth-order valence-electron chi connectivity index (χ4n) is 9.02. The van der Waals surface area contributed by atoms with Gasteiger partial charge in [-0.15, -0.1) is 0 Å². The molecule has 0 aliphatic heterocycles. The Hall–Kier alpha value is -0.410. The molecule has 2 N–H and O–H groups in total. The summed E-state index contributed by atoms with van der Waals surface area (Å²) in [6.07, 6.45) is 9.32. The predicted octanol–water partition coefficient (Wildman–Crippen LogP) is 4.84. The minimum absolute atomic E-state index is 0.150. The molecule has 4 aliphatic rings. The first-order chi connectivity index (χ1) is 13.3. The van der Waals surface area contributed by atoms with E-state index < -0.39 is 0 Å². The molecule has 0 aromatic rings. The molecule has 0 bridgehead atoms. The Morgan fingerprint density at radius 1 is 1.04 bits per heavy atom. The van der Waals surface area contributed by atoms with Gasteiger partial charge in [0.2, 0.25) is 0 Å². The highest BCUT2D eigenvalue weighted by molar-refractivity contribution is 5.86. The van der Waals surface area contributed by atoms with E-state index in [1.807, 2.05) is 0 Å². The monoisotopic (exact) mass is 390 g/mol. The van der Waals surface area contributed by atoms with Crippen molar-refractivity contribution in [3.8, 4) is 0 Å². The van der Waals surface area contributed by atoms with Gasteiger partial charge in [-0.2, -0.15) is 0 Å². The molecule has 160 valence electrons. The van der Waals surface area contributed by atoms with Crippen LogP contribution < -0.4 is 0 Å². The Morgan fingerprint density at radius 3 is 2.39 bits per heavy atom. The smallest absolute Gasteiger partial charge is 0.139 e. The van der Waals surface area contributed by atoms with Gasteiger partial charge in [-0.25, -0.2) is 0 Å². The molecular weight excluding hydrogens is 348 g/mol. The van der Waals surface area contributed by atoms with Crippen molar-refractivity contribution < 1.29 is 15.0 Å². The third-order valence-electron chi connectivity index (χ3n) is 10.5. The lowest BCUT2D eigenvalue weighted by Crippen LogP contribution is -2.60. The van der Waals surface area contributed by atoms with E-state index in [0.29, 0.717) is 35.4 Å². The lowest BCUT2D eigenvalue weighted by atomic mass is 9.42. The van der Waals surface area contributed by atoms with Crippen LogP contribution in [0.5, 0.6) is 0 Å². The summed E-state index contributed by atoms with van der Waals surface area (Å²) in [5.74, 6) is 3.57. The summed E-state index contributed by atoms with van der Waals surface area (Å²) < 4.78 is 0. The summed E-state index contributed by atoms with van der Waals surface area (Å²) in [6, 6.07) is 0. The number of carbonyl (C=O) groups excluding carboxylic acids is 1. The SMILES string of the molecule is CC[C@H]1C(=O)[C@H]2[C@@H]3CC[C@H]([C@H](C)CCO)C3(C)CC[C@@H]2[C@@]2(C)CC[C@@H](O)C[C@@H]12. The summed E-state index contributed by atoms with van der Waals surface area (Å²) >= 11 is 0. The van der Waals surface area contributed by atoms with Crippen LogP contribution in [0, 0.1) is 52.3 Å². The van der Waals surface area contributed by atoms with Gasteiger partial charge in [-0.1, -0.05) is 27.7 Å². The molecule has 0 saturated heterocycles. The standard InChI is InChI=1S/C25H42O3/c1-5-17-21-14-16(27)8-11-25(21,4)20-9-12-24(3)18(15(2)10-13-26)6-7-19(24)22(20)23(17)28/h15-22,26-27H,5-14H2,1-4H3/t15-,16-,17-,18-,19+,20+,21+,22+,24?,25-/m1/s1. The summed E-state index contributed by atoms with van der Waals surface area (Å²) in [5, 5.41) is 19.8. The lowest BCUT2D eigenvalue weighted by molar-refractivity contribution is -0.173. The van der Waals surface area contributed by atoms with Crippen LogP contribution in [0.4, 0.5) is 0 Å². The third-order valence-corrected chi connectivity index (χ3v) is 10.5. The summed E-state index contributed by atoms with van der Waals surface area (Å²) in [7, 11) is 0. The number of aliphatic hydroxyl groups excluding tert-OH is 2. The molecule has 4 rings (SSSR count). The molecule has 4 saturated carbocycles. The van der Waals surface area contributed by atoms with Gasteiger partial charge in [-0.3, -0.25) is 4.79 Å². The average molecular weight is 391 g/mol. The van der Waals surface area contributed by atoms with Crippen molar-refractivity contribution >= 4 is 5.78 Å². The zero-order valence-electron chi connectivity index (χ0n) is 18.5. The Balaban J connectivity index is 1.68. The minimum Gasteiger partial charge on any atom is -0.396 e. The number of aliphatic hydroxyl groups is 2. The summed E-state index contributed by atoms with van der Waals surface area (Å²) in [5.41, 5.74) is 0.496. The second kappa shape index (κ2) is 7.38. The van der Waals surface area contributed by atoms with E-state index >= 15 is 0 Å². The van der Waals surface area contributed by atoms with Crippen LogP contribution in [0.1, 0.15) is 85.5 Å². The summed E-state index contributed by atoms with van der Waals surface area (Å²) in [6.45, 7) is 9.74. The van der Waals surface area contributed by atoms with Crippen molar-refractivity contribution in [2.45, 2.75) is 91.6 Å². The van der Waals surface area contributed by atoms with Crippen molar-refractivity contribution in [3.63, 3.8) is 0 Å². The van der Waals surface area contributed by atoms with Gasteiger partial charge in [0.15, 0.2) is 0 Å². The molecule has 0 radical (unpaired) electrons. The highest BCUT2D eigenvalue weighted by Gasteiger charge is 2.64. The number of carbonyl (C=O) groups is 1. The van der Waals surface area contributed by atoms with Gasteiger partial charge in [0.25, 0.3) is 0 Å². The first-order valence-electron chi connectivity index (χ1n) is 12.1. The lowest BCUT2D eigenvalue weighted by Gasteiger charge is -2.62. The number of rotatable bonds is 4. The van der Waals surface area contributed by atoms with Gasteiger partial charge in [0.05, 0.1) is 6.10 Å². The Labute approximate surface area is 171 Å². The Morgan fingerprint density at radius 2 is 1.71 bits per heavy atom. The van der Waals surface area contributed by atoms with Gasteiger partial charge < -0.3 is 10.2 Å². The topological polar surface area (TPSA) is 57.5 Å². The van der Waals surface area contributed by atoms with Crippen LogP contribution in [0.25, 0.3) is 0 Å². The van der Waals surface area contributed by atoms with Crippen LogP contribution in [-0.2, 0) is 4.79 Å². The minimum atomic E-state index is -0.208. The fourth-order valence-corrected chi connectivity index (χ4v) is 9.02. The van der Waals surface area contributed by atoms with Crippen LogP contribution in [0.3, 0.4) is 0 Å². The number of hydrogen-bond donors (Lipinski definition) is 2. The van der Waals surface area contributed by atoms with E-state index in [-0.39, 0.29) is 35.4 Å². The van der Waals surface area contributed by atoms with Crippen molar-refractivity contribution in [1.29, 1.82) is 0 Å². The molecule has 4 aliphatic carbocycles. The number of hydrogen-bond acceptors (Lipinski definition) is 3. The van der Waals surface area contributed by atoms with Crippen molar-refractivity contribution in [2.75, 3.05) is 6.61 Å². The fraction of sp³-hybridized carbons (Fsp3) is 0.960. The second-order valence-corrected chi connectivity index (χ2v) is 11.4. The van der Waals surface area contributed by atoms with E-state index in [0.717, 1.165) is 32.1 Å². The highest BCUT2D eigenvalue weighted by atomic mass is 16.3. The average Bonchev–Trinajstić information content (AvgIpc) is 3.01. The number of Topliss-reactive ketones (excluding diaryl/α,β-unsaturated/α-hetero) is 1. The zero-order valence-corrected chi connectivity index (χ0v) is 18.5. The van der Waals surface area contributed by atoms with E-state index in [2.05, 4.69) is 27.7 Å². The summed E-state index contributed by atoms with van der Waals surface area (Å²) in [4.78, 5) is 13.9. The van der Waals surface area contributed by atoms with Crippen molar-refractivity contribution in [3.05, 3.63) is 0 Å². The zero-order chi connectivity index (χ0) is 20.3. The molecule has 0 aromatic heterocycles. The van der Waals surface area contributed by atoms with E-state index in [1.165, 1.54) is 25.7 Å². The van der Waals surface area contributed by atoms with Gasteiger partial charge in [-0.05, 0) is 98.2 Å². The maximum Gasteiger partial charge on any atom is 0.139 e. The molecule has 1 unspecified atom stereocenters. The van der Waals surface area contributed by atoms with Crippen LogP contribution in [-0.4, -0.2) is 28.7 Å². The molecule has 0 aromatic carbocycles. The predicted molar refractivity (Wildman–Crippen MR) is 112 cm³/mol. The quantitative estimate of drug-likeness (QED) is 0.722. The third kappa shape index (κ3) is 2.86. The van der Waals surface area contributed by atoms with E-state index in [4.69, 9.17) is 0 Å². The van der Waals surface area contributed by atoms with Crippen LogP contribution in [0.2, 0.25) is 0 Å². The van der Waals surface area contributed by atoms with Gasteiger partial charge in [0, 0.05) is 18.4 Å². The van der Waals surface area contributed by atoms with E-state index in [9.17, 15) is 15.0 Å². The maximum absolute atomic E-state index is 13.9. The van der Waals surface area contributed by atoms with Crippen LogP contribution in [0.15, 0.2) is 0 Å². The van der Waals surface area contributed by atoms with E-state index in [1.54, 1.807) is 0 Å². The normalized spacial score (nSPS) is 51.9. The van der Waals surface area contributed by atoms with Gasteiger partial charge >= 0.3 is 0 Å². The van der Waals surface area contributed by atoms with Gasteiger partial charge in [0.1, 0.15) is 5.78 Å². The molecule has 4 fully saturated rings. The molecule has 3 nitrogen and oxygen atoms in total. The van der Waals surface area contributed by atoms with Crippen LogP contribution >= 0.6 is 0 Å². The first kappa shape index (κ1) is 20.8. The molecule has 10 atom stereocenters. The molecule has 0 spiro atoms. The Kier molecular flexibility index (Phi) is 5.49. The second-order valence-electron chi connectivity index (χ2n) is 11.4. The van der Waals surface area contributed by atoms with Crippen molar-refractivity contribution in [1.82, 2.24) is 0 Å². The number of ketones is 1. The maximum atomic E-state index is 13.9. The number of fused-ring (bicyclic) bond motifs is 5. The first-order valence-corrected chi connectivity index (χ1v) is 12.1.